The molecule has 4 aromatic carbocycles. The first-order valence-electron chi connectivity index (χ1n) is 7.72. The first-order valence-corrected chi connectivity index (χ1v) is 9.87. The highest BCUT2D eigenvalue weighted by molar-refractivity contribution is 7.78. The molecular formula is C21H17OP. The molecule has 0 saturated carbocycles. The average Bonchev–Trinajstić information content (AvgIpc) is 2.60. The predicted molar refractivity (Wildman–Crippen MR) is 101 cm³/mol. The van der Waals surface area contributed by atoms with Gasteiger partial charge in [-0.2, -0.15) is 0 Å². The van der Waals surface area contributed by atoms with E-state index in [1.165, 1.54) is 0 Å². The summed E-state index contributed by atoms with van der Waals surface area (Å²) in [6, 6.07) is 28.4. The van der Waals surface area contributed by atoms with Crippen LogP contribution >= 0.6 is 7.14 Å². The summed E-state index contributed by atoms with van der Waals surface area (Å²) in [6.45, 7) is 1.89. The van der Waals surface area contributed by atoms with Crippen molar-refractivity contribution in [2.45, 2.75) is 0 Å². The maximum atomic E-state index is 13.8. The first kappa shape index (κ1) is 14.2. The fourth-order valence-corrected chi connectivity index (χ4v) is 5.62. The maximum Gasteiger partial charge on any atom is 0.141 e. The van der Waals surface area contributed by atoms with Crippen LogP contribution in [-0.2, 0) is 4.57 Å². The summed E-state index contributed by atoms with van der Waals surface area (Å²) in [6.07, 6.45) is 0. The zero-order valence-corrected chi connectivity index (χ0v) is 13.8. The number of hydrogen-bond acceptors (Lipinski definition) is 1. The van der Waals surface area contributed by atoms with Crippen molar-refractivity contribution in [1.29, 1.82) is 0 Å². The Kier molecular flexibility index (Phi) is 3.32. The van der Waals surface area contributed by atoms with E-state index in [4.69, 9.17) is 0 Å². The van der Waals surface area contributed by atoms with Gasteiger partial charge in [0.05, 0.1) is 0 Å². The van der Waals surface area contributed by atoms with E-state index in [9.17, 15) is 4.57 Å². The molecule has 0 fully saturated rings. The third-order valence-electron chi connectivity index (χ3n) is 4.42. The van der Waals surface area contributed by atoms with Crippen LogP contribution in [0.1, 0.15) is 0 Å². The van der Waals surface area contributed by atoms with Crippen LogP contribution in [-0.4, -0.2) is 6.66 Å². The summed E-state index contributed by atoms with van der Waals surface area (Å²) in [7, 11) is -2.69. The first-order chi connectivity index (χ1) is 11.2. The SMILES string of the molecule is CP(=O)(c1ccccc1)c1c2ccccc2cc2ccccc12. The van der Waals surface area contributed by atoms with Gasteiger partial charge in [0.25, 0.3) is 0 Å². The second kappa shape index (κ2) is 5.37. The van der Waals surface area contributed by atoms with Gasteiger partial charge in [0.1, 0.15) is 7.14 Å². The molecular weight excluding hydrogens is 299 g/mol. The minimum atomic E-state index is -2.69. The molecule has 0 aliphatic heterocycles. The molecule has 2 heteroatoms. The number of benzene rings is 4. The van der Waals surface area contributed by atoms with Crippen molar-refractivity contribution in [1.82, 2.24) is 0 Å². The average molecular weight is 316 g/mol. The standard InChI is InChI=1S/C21H17OP/c1-23(22,18-11-3-2-4-12-18)21-19-13-7-5-9-16(19)15-17-10-6-8-14-20(17)21/h2-15H,1H3. The number of hydrogen-bond donors (Lipinski definition) is 0. The van der Waals surface area contributed by atoms with Gasteiger partial charge in [0, 0.05) is 10.6 Å². The molecule has 112 valence electrons. The summed E-state index contributed by atoms with van der Waals surface area (Å²) in [5, 5.41) is 6.32. The predicted octanol–water partition coefficient (Wildman–Crippen LogP) is 4.94. The van der Waals surface area contributed by atoms with Crippen molar-refractivity contribution in [3.05, 3.63) is 84.9 Å². The fourth-order valence-electron chi connectivity index (χ4n) is 3.29. The van der Waals surface area contributed by atoms with Gasteiger partial charge in [-0.1, -0.05) is 78.9 Å². The smallest absolute Gasteiger partial charge is 0.141 e. The Morgan fingerprint density at radius 3 is 1.70 bits per heavy atom. The van der Waals surface area contributed by atoms with Gasteiger partial charge in [-0.25, -0.2) is 0 Å². The molecule has 0 saturated heterocycles. The normalized spacial score (nSPS) is 14.0. The van der Waals surface area contributed by atoms with E-state index in [0.29, 0.717) is 0 Å². The van der Waals surface area contributed by atoms with Crippen molar-refractivity contribution in [3.63, 3.8) is 0 Å². The lowest BCUT2D eigenvalue weighted by Crippen LogP contribution is -2.17. The molecule has 0 radical (unpaired) electrons. The Hall–Kier alpha value is -2.37. The van der Waals surface area contributed by atoms with Crippen LogP contribution in [0.4, 0.5) is 0 Å². The summed E-state index contributed by atoms with van der Waals surface area (Å²) in [5.41, 5.74) is 0. The maximum absolute atomic E-state index is 13.8. The monoisotopic (exact) mass is 316 g/mol. The largest absolute Gasteiger partial charge is 0.314 e. The van der Waals surface area contributed by atoms with Gasteiger partial charge >= 0.3 is 0 Å². The summed E-state index contributed by atoms with van der Waals surface area (Å²) >= 11 is 0. The van der Waals surface area contributed by atoms with Gasteiger partial charge in [-0.3, -0.25) is 0 Å². The van der Waals surface area contributed by atoms with Crippen molar-refractivity contribution in [2.24, 2.45) is 0 Å². The quantitative estimate of drug-likeness (QED) is 0.378. The molecule has 4 rings (SSSR count). The van der Waals surface area contributed by atoms with Gasteiger partial charge in [0.15, 0.2) is 0 Å². The van der Waals surface area contributed by atoms with Crippen molar-refractivity contribution < 1.29 is 4.57 Å². The Labute approximate surface area is 136 Å². The van der Waals surface area contributed by atoms with E-state index in [2.05, 4.69) is 30.3 Å². The molecule has 0 bridgehead atoms. The molecule has 4 aromatic rings. The highest BCUT2D eigenvalue weighted by Gasteiger charge is 2.25. The third-order valence-corrected chi connectivity index (χ3v) is 7.04. The molecule has 0 spiro atoms. The van der Waals surface area contributed by atoms with Crippen LogP contribution in [0.25, 0.3) is 21.5 Å². The van der Waals surface area contributed by atoms with Crippen LogP contribution in [0, 0.1) is 0 Å². The van der Waals surface area contributed by atoms with Gasteiger partial charge in [0.2, 0.25) is 0 Å². The zero-order valence-electron chi connectivity index (χ0n) is 12.9. The van der Waals surface area contributed by atoms with Gasteiger partial charge in [-0.15, -0.1) is 0 Å². The Bertz CT molecular complexity index is 997. The van der Waals surface area contributed by atoms with Gasteiger partial charge in [-0.05, 0) is 34.3 Å². The molecule has 1 atom stereocenters. The topological polar surface area (TPSA) is 17.1 Å². The van der Waals surface area contributed by atoms with E-state index in [1.807, 2.05) is 61.3 Å². The van der Waals surface area contributed by atoms with Crippen LogP contribution < -0.4 is 10.6 Å². The van der Waals surface area contributed by atoms with Gasteiger partial charge < -0.3 is 4.57 Å². The van der Waals surface area contributed by atoms with Crippen molar-refractivity contribution in [3.8, 4) is 0 Å². The van der Waals surface area contributed by atoms with Crippen molar-refractivity contribution in [2.75, 3.05) is 6.66 Å². The summed E-state index contributed by atoms with van der Waals surface area (Å²) < 4.78 is 13.8. The molecule has 1 nitrogen and oxygen atoms in total. The molecule has 0 aromatic heterocycles. The van der Waals surface area contributed by atoms with Crippen LogP contribution in [0.15, 0.2) is 84.9 Å². The van der Waals surface area contributed by atoms with Crippen LogP contribution in [0.2, 0.25) is 0 Å². The number of rotatable bonds is 2. The third kappa shape index (κ3) is 2.29. The lowest BCUT2D eigenvalue weighted by atomic mass is 10.0. The fraction of sp³-hybridized carbons (Fsp3) is 0.0476. The molecule has 23 heavy (non-hydrogen) atoms. The van der Waals surface area contributed by atoms with E-state index >= 15 is 0 Å². The molecule has 0 amide bonds. The van der Waals surface area contributed by atoms with Crippen LogP contribution in [0.5, 0.6) is 0 Å². The minimum absolute atomic E-state index is 0.904. The summed E-state index contributed by atoms with van der Waals surface area (Å²) in [5.74, 6) is 0. The van der Waals surface area contributed by atoms with Crippen molar-refractivity contribution >= 4 is 39.3 Å². The highest BCUT2D eigenvalue weighted by Crippen LogP contribution is 2.43. The second-order valence-electron chi connectivity index (χ2n) is 5.93. The number of fused-ring (bicyclic) bond motifs is 2. The lowest BCUT2D eigenvalue weighted by Gasteiger charge is -2.19. The van der Waals surface area contributed by atoms with E-state index < -0.39 is 7.14 Å². The van der Waals surface area contributed by atoms with E-state index in [0.717, 1.165) is 32.2 Å². The molecule has 1 unspecified atom stereocenters. The second-order valence-corrected chi connectivity index (χ2v) is 8.74. The lowest BCUT2D eigenvalue weighted by molar-refractivity contribution is 0.590. The Balaban J connectivity index is 2.18. The van der Waals surface area contributed by atoms with E-state index in [-0.39, 0.29) is 0 Å². The molecule has 0 aliphatic rings. The summed E-state index contributed by atoms with van der Waals surface area (Å²) in [4.78, 5) is 0. The molecule has 0 N–H and O–H groups in total. The van der Waals surface area contributed by atoms with Crippen LogP contribution in [0.3, 0.4) is 0 Å². The Morgan fingerprint density at radius 2 is 1.13 bits per heavy atom. The minimum Gasteiger partial charge on any atom is -0.314 e. The highest BCUT2D eigenvalue weighted by atomic mass is 31.2. The molecule has 0 aliphatic carbocycles. The van der Waals surface area contributed by atoms with E-state index in [1.54, 1.807) is 0 Å². The Morgan fingerprint density at radius 1 is 0.652 bits per heavy atom. The zero-order chi connectivity index (χ0) is 15.9. The molecule has 0 heterocycles.